The van der Waals surface area contributed by atoms with Crippen LogP contribution >= 0.6 is 11.6 Å². The Morgan fingerprint density at radius 3 is 2.83 bits per heavy atom. The van der Waals surface area contributed by atoms with Crippen LogP contribution in [0.15, 0.2) is 18.2 Å². The van der Waals surface area contributed by atoms with E-state index in [0.717, 1.165) is 25.1 Å². The maximum atomic E-state index is 13.1. The fourth-order valence-corrected chi connectivity index (χ4v) is 4.84. The zero-order valence-electron chi connectivity index (χ0n) is 17.2. The quantitative estimate of drug-likeness (QED) is 0.577. The number of rotatable bonds is 3. The number of hydrogen-bond donors (Lipinski definition) is 4. The minimum absolute atomic E-state index is 0.0346. The van der Waals surface area contributed by atoms with Gasteiger partial charge in [-0.25, -0.2) is 0 Å². The average Bonchev–Trinajstić information content (AvgIpc) is 2.69. The summed E-state index contributed by atoms with van der Waals surface area (Å²) in [6, 6.07) is 5.23. The molecule has 3 fully saturated rings. The van der Waals surface area contributed by atoms with Crippen LogP contribution in [0.3, 0.4) is 0 Å². The summed E-state index contributed by atoms with van der Waals surface area (Å²) in [7, 11) is 0. The van der Waals surface area contributed by atoms with Crippen molar-refractivity contribution >= 4 is 35.0 Å². The molecule has 0 bridgehead atoms. The van der Waals surface area contributed by atoms with Crippen molar-refractivity contribution in [2.45, 2.75) is 45.6 Å². The van der Waals surface area contributed by atoms with Gasteiger partial charge >= 0.3 is 0 Å². The highest BCUT2D eigenvalue weighted by Gasteiger charge is 2.49. The first-order valence-corrected chi connectivity index (χ1v) is 10.9. The molecule has 1 aromatic rings. The molecule has 0 spiro atoms. The van der Waals surface area contributed by atoms with Crippen molar-refractivity contribution < 1.29 is 14.4 Å². The summed E-state index contributed by atoms with van der Waals surface area (Å²) in [5.74, 6) is -1.71. The lowest BCUT2D eigenvalue weighted by Gasteiger charge is -2.47. The molecule has 5 unspecified atom stereocenters. The number of nitrogens with one attached hydrogen (secondary N) is 4. The number of hydrogen-bond acceptors (Lipinski definition) is 5. The molecule has 9 heteroatoms. The average molecular weight is 434 g/mol. The first-order valence-electron chi connectivity index (χ1n) is 10.5. The molecular formula is C21H28ClN5O3. The molecule has 3 aliphatic heterocycles. The van der Waals surface area contributed by atoms with E-state index in [-0.39, 0.29) is 30.4 Å². The lowest BCUT2D eigenvalue weighted by Crippen LogP contribution is -2.74. The van der Waals surface area contributed by atoms with Gasteiger partial charge in [-0.05, 0) is 43.4 Å². The second kappa shape index (κ2) is 8.53. The number of anilines is 1. The molecular weight excluding hydrogens is 406 g/mol. The minimum atomic E-state index is -0.768. The molecule has 4 N–H and O–H groups in total. The topological polar surface area (TPSA) is 103 Å². The van der Waals surface area contributed by atoms with Gasteiger partial charge in [-0.1, -0.05) is 24.6 Å². The van der Waals surface area contributed by atoms with Crippen molar-refractivity contribution in [1.29, 1.82) is 0 Å². The van der Waals surface area contributed by atoms with Gasteiger partial charge in [0.05, 0.1) is 18.0 Å². The van der Waals surface area contributed by atoms with Crippen molar-refractivity contribution in [2.24, 2.45) is 17.8 Å². The number of aryl methyl sites for hydroxylation is 1. The van der Waals surface area contributed by atoms with Crippen LogP contribution < -0.4 is 21.3 Å². The van der Waals surface area contributed by atoms with Gasteiger partial charge in [0, 0.05) is 30.2 Å². The molecule has 0 aliphatic carbocycles. The van der Waals surface area contributed by atoms with Gasteiger partial charge < -0.3 is 16.0 Å². The monoisotopic (exact) mass is 433 g/mol. The number of likely N-dealkylation sites (tertiary alicyclic amines) is 1. The van der Waals surface area contributed by atoms with Crippen LogP contribution in [-0.2, 0) is 14.4 Å². The number of fused-ring (bicyclic) bond motifs is 1. The molecule has 30 heavy (non-hydrogen) atoms. The standard InChI is InChI=1S/C21H28ClN5O3/c1-11-4-3-7-27(10-11)21-25-18-17(20(30)26-21)14(9-16(28)24-18)19(29)23-15-8-13(22)6-5-12(15)2/h5-6,8,11,14,17-18,21,25H,3-4,7,9-10H2,1-2H3,(H,23,29)(H,24,28)(H,26,30). The molecule has 3 amide bonds. The highest BCUT2D eigenvalue weighted by atomic mass is 35.5. The number of piperidine rings is 2. The van der Waals surface area contributed by atoms with Gasteiger partial charge in [0.1, 0.15) is 6.29 Å². The first kappa shape index (κ1) is 21.1. The Labute approximate surface area is 181 Å². The maximum absolute atomic E-state index is 13.1. The van der Waals surface area contributed by atoms with Crippen molar-refractivity contribution in [2.75, 3.05) is 18.4 Å². The van der Waals surface area contributed by atoms with E-state index in [1.807, 2.05) is 13.0 Å². The van der Waals surface area contributed by atoms with E-state index >= 15 is 0 Å². The summed E-state index contributed by atoms with van der Waals surface area (Å²) in [5, 5.41) is 12.6. The second-order valence-electron chi connectivity index (χ2n) is 8.65. The van der Waals surface area contributed by atoms with E-state index in [9.17, 15) is 14.4 Å². The van der Waals surface area contributed by atoms with Crippen molar-refractivity contribution in [1.82, 2.24) is 20.9 Å². The molecule has 4 rings (SSSR count). The zero-order valence-corrected chi connectivity index (χ0v) is 18.0. The number of halogens is 1. The summed E-state index contributed by atoms with van der Waals surface area (Å²) in [5.41, 5.74) is 1.44. The summed E-state index contributed by atoms with van der Waals surface area (Å²) in [6.45, 7) is 5.81. The smallest absolute Gasteiger partial charge is 0.229 e. The lowest BCUT2D eigenvalue weighted by atomic mass is 9.81. The highest BCUT2D eigenvalue weighted by molar-refractivity contribution is 6.31. The molecule has 1 aromatic carbocycles. The number of amides is 3. The van der Waals surface area contributed by atoms with Crippen LogP contribution in [-0.4, -0.2) is 48.2 Å². The predicted molar refractivity (Wildman–Crippen MR) is 113 cm³/mol. The largest absolute Gasteiger partial charge is 0.340 e. The number of benzene rings is 1. The van der Waals surface area contributed by atoms with Crippen LogP contribution in [0.5, 0.6) is 0 Å². The SMILES string of the molecule is Cc1ccc(Cl)cc1NC(=O)C1CC(=O)NC2NC(N3CCCC(C)C3)NC(=O)C21. The Morgan fingerprint density at radius 2 is 2.07 bits per heavy atom. The Bertz CT molecular complexity index is 863. The van der Waals surface area contributed by atoms with Crippen molar-refractivity contribution in [3.05, 3.63) is 28.8 Å². The van der Waals surface area contributed by atoms with Gasteiger partial charge in [-0.3, -0.25) is 24.6 Å². The minimum Gasteiger partial charge on any atom is -0.340 e. The second-order valence-corrected chi connectivity index (χ2v) is 9.09. The van der Waals surface area contributed by atoms with E-state index < -0.39 is 18.0 Å². The summed E-state index contributed by atoms with van der Waals surface area (Å²) >= 11 is 6.05. The number of carbonyl (C=O) groups excluding carboxylic acids is 3. The van der Waals surface area contributed by atoms with Gasteiger partial charge in [-0.2, -0.15) is 0 Å². The Hall–Kier alpha value is -2.16. The van der Waals surface area contributed by atoms with E-state index in [0.29, 0.717) is 16.6 Å². The predicted octanol–water partition coefficient (Wildman–Crippen LogP) is 1.40. The van der Waals surface area contributed by atoms with Crippen LogP contribution in [0.25, 0.3) is 0 Å². The van der Waals surface area contributed by atoms with E-state index in [4.69, 9.17) is 11.6 Å². The van der Waals surface area contributed by atoms with Crippen LogP contribution in [0.2, 0.25) is 5.02 Å². The summed E-state index contributed by atoms with van der Waals surface area (Å²) in [4.78, 5) is 40.6. The normalized spacial score (nSPS) is 32.0. The fraction of sp³-hybridized carbons (Fsp3) is 0.571. The van der Waals surface area contributed by atoms with Gasteiger partial charge in [0.2, 0.25) is 17.7 Å². The van der Waals surface area contributed by atoms with Crippen molar-refractivity contribution in [3.8, 4) is 0 Å². The van der Waals surface area contributed by atoms with Gasteiger partial charge in [0.15, 0.2) is 0 Å². The molecule has 3 saturated heterocycles. The third-order valence-corrected chi connectivity index (χ3v) is 6.52. The summed E-state index contributed by atoms with van der Waals surface area (Å²) < 4.78 is 0. The third-order valence-electron chi connectivity index (χ3n) is 6.28. The molecule has 3 aliphatic rings. The van der Waals surface area contributed by atoms with Gasteiger partial charge in [0.25, 0.3) is 0 Å². The van der Waals surface area contributed by atoms with E-state index in [1.54, 1.807) is 12.1 Å². The summed E-state index contributed by atoms with van der Waals surface area (Å²) in [6.07, 6.45) is 1.27. The van der Waals surface area contributed by atoms with Crippen LogP contribution in [0.4, 0.5) is 5.69 Å². The van der Waals surface area contributed by atoms with E-state index in [2.05, 4.69) is 33.1 Å². The fourth-order valence-electron chi connectivity index (χ4n) is 4.67. The highest BCUT2D eigenvalue weighted by Crippen LogP contribution is 2.30. The molecule has 3 heterocycles. The Balaban J connectivity index is 1.50. The first-order chi connectivity index (χ1) is 14.3. The molecule has 5 atom stereocenters. The third kappa shape index (κ3) is 4.31. The molecule has 0 saturated carbocycles. The van der Waals surface area contributed by atoms with Crippen LogP contribution in [0.1, 0.15) is 31.7 Å². The number of carbonyl (C=O) groups is 3. The molecule has 0 aromatic heterocycles. The van der Waals surface area contributed by atoms with Crippen molar-refractivity contribution in [3.63, 3.8) is 0 Å². The number of nitrogens with zero attached hydrogens (tertiary/aromatic N) is 1. The molecule has 8 nitrogen and oxygen atoms in total. The Morgan fingerprint density at radius 1 is 1.27 bits per heavy atom. The van der Waals surface area contributed by atoms with Gasteiger partial charge in [-0.15, -0.1) is 0 Å². The molecule has 0 radical (unpaired) electrons. The maximum Gasteiger partial charge on any atom is 0.229 e. The van der Waals surface area contributed by atoms with E-state index in [1.165, 1.54) is 6.42 Å². The van der Waals surface area contributed by atoms with Crippen LogP contribution in [0, 0.1) is 24.7 Å². The molecule has 162 valence electrons. The lowest BCUT2D eigenvalue weighted by molar-refractivity contribution is -0.148. The Kier molecular flexibility index (Phi) is 5.99. The zero-order chi connectivity index (χ0) is 21.4.